The fraction of sp³-hybridized carbons (Fsp3) is 0.278. The Balaban J connectivity index is 1.73. The zero-order chi connectivity index (χ0) is 17.4. The summed E-state index contributed by atoms with van der Waals surface area (Å²) in [6.45, 7) is -2.47. The maximum absolute atomic E-state index is 12.1. The third-order valence-corrected chi connectivity index (χ3v) is 3.54. The highest BCUT2D eigenvalue weighted by Crippen LogP contribution is 2.15. The molecule has 2 rings (SSSR count). The zero-order valence-corrected chi connectivity index (χ0v) is 13.1. The van der Waals surface area contributed by atoms with Gasteiger partial charge in [0.2, 0.25) is 5.91 Å². The van der Waals surface area contributed by atoms with Crippen LogP contribution in [0.25, 0.3) is 0 Å². The SMILES string of the molecule is NC(CNC(=O)CCc1ccc(OC(F)F)cc1)c1ccccc1. The first-order valence-electron chi connectivity index (χ1n) is 7.65. The molecule has 0 aliphatic rings. The molecule has 24 heavy (non-hydrogen) atoms. The second kappa shape index (κ2) is 8.98. The maximum atomic E-state index is 12.1. The van der Waals surface area contributed by atoms with Gasteiger partial charge in [-0.3, -0.25) is 4.79 Å². The Morgan fingerprint density at radius 3 is 2.38 bits per heavy atom. The van der Waals surface area contributed by atoms with Crippen LogP contribution in [-0.2, 0) is 11.2 Å². The number of halogens is 2. The molecule has 128 valence electrons. The number of carbonyl (C=O) groups is 1. The third kappa shape index (κ3) is 5.96. The summed E-state index contributed by atoms with van der Waals surface area (Å²) in [5.74, 6) is 0.00123. The summed E-state index contributed by atoms with van der Waals surface area (Å²) in [6, 6.07) is 15.6. The van der Waals surface area contributed by atoms with Crippen LogP contribution in [0.1, 0.15) is 23.6 Å². The van der Waals surface area contributed by atoms with Crippen molar-refractivity contribution in [1.82, 2.24) is 5.32 Å². The van der Waals surface area contributed by atoms with E-state index in [0.29, 0.717) is 19.4 Å². The number of amides is 1. The Bertz CT molecular complexity index is 633. The molecule has 1 atom stereocenters. The van der Waals surface area contributed by atoms with E-state index in [1.54, 1.807) is 12.1 Å². The lowest BCUT2D eigenvalue weighted by molar-refractivity contribution is -0.121. The largest absolute Gasteiger partial charge is 0.435 e. The fourth-order valence-electron chi connectivity index (χ4n) is 2.23. The summed E-state index contributed by atoms with van der Waals surface area (Å²) in [6.07, 6.45) is 0.817. The van der Waals surface area contributed by atoms with E-state index in [0.717, 1.165) is 11.1 Å². The topological polar surface area (TPSA) is 64.3 Å². The van der Waals surface area contributed by atoms with Crippen molar-refractivity contribution in [3.8, 4) is 5.75 Å². The summed E-state index contributed by atoms with van der Waals surface area (Å²) in [7, 11) is 0. The molecular weight excluding hydrogens is 314 g/mol. The Morgan fingerprint density at radius 1 is 1.08 bits per heavy atom. The molecule has 3 N–H and O–H groups in total. The number of ether oxygens (including phenoxy) is 1. The minimum Gasteiger partial charge on any atom is -0.435 e. The minimum absolute atomic E-state index is 0.103. The Morgan fingerprint density at radius 2 is 1.75 bits per heavy atom. The molecular formula is C18H20F2N2O2. The first-order chi connectivity index (χ1) is 11.5. The summed E-state index contributed by atoms with van der Waals surface area (Å²) in [5.41, 5.74) is 7.86. The smallest absolute Gasteiger partial charge is 0.387 e. The normalized spacial score (nSPS) is 12.0. The number of benzene rings is 2. The van der Waals surface area contributed by atoms with Crippen LogP contribution >= 0.6 is 0 Å². The third-order valence-electron chi connectivity index (χ3n) is 3.54. The average molecular weight is 334 g/mol. The summed E-state index contributed by atoms with van der Waals surface area (Å²) in [5, 5.41) is 2.80. The van der Waals surface area contributed by atoms with E-state index in [1.807, 2.05) is 30.3 Å². The van der Waals surface area contributed by atoms with Gasteiger partial charge in [0, 0.05) is 19.0 Å². The van der Waals surface area contributed by atoms with Gasteiger partial charge in [-0.15, -0.1) is 0 Å². The van der Waals surface area contributed by atoms with E-state index in [4.69, 9.17) is 5.73 Å². The van der Waals surface area contributed by atoms with Crippen LogP contribution < -0.4 is 15.8 Å². The van der Waals surface area contributed by atoms with E-state index in [1.165, 1.54) is 12.1 Å². The number of carbonyl (C=O) groups excluding carboxylic acids is 1. The Hall–Kier alpha value is -2.47. The highest BCUT2D eigenvalue weighted by atomic mass is 19.3. The van der Waals surface area contributed by atoms with Gasteiger partial charge >= 0.3 is 6.61 Å². The monoisotopic (exact) mass is 334 g/mol. The van der Waals surface area contributed by atoms with Crippen LogP contribution in [0.5, 0.6) is 5.75 Å². The lowest BCUT2D eigenvalue weighted by Crippen LogP contribution is -2.32. The summed E-state index contributed by atoms with van der Waals surface area (Å²) < 4.78 is 28.4. The van der Waals surface area contributed by atoms with E-state index >= 15 is 0 Å². The molecule has 0 fully saturated rings. The van der Waals surface area contributed by atoms with Crippen LogP contribution in [-0.4, -0.2) is 19.1 Å². The van der Waals surface area contributed by atoms with Gasteiger partial charge in [0.25, 0.3) is 0 Å². The number of hydrogen-bond donors (Lipinski definition) is 2. The van der Waals surface area contributed by atoms with Crippen molar-refractivity contribution in [2.24, 2.45) is 5.73 Å². The van der Waals surface area contributed by atoms with Gasteiger partial charge in [0.15, 0.2) is 0 Å². The van der Waals surface area contributed by atoms with Crippen molar-refractivity contribution in [3.05, 3.63) is 65.7 Å². The number of hydrogen-bond acceptors (Lipinski definition) is 3. The molecule has 1 unspecified atom stereocenters. The maximum Gasteiger partial charge on any atom is 0.387 e. The number of nitrogens with one attached hydrogen (secondary N) is 1. The second-order valence-electron chi connectivity index (χ2n) is 5.34. The molecule has 0 aromatic heterocycles. The van der Waals surface area contributed by atoms with Crippen LogP contribution in [0.15, 0.2) is 54.6 Å². The van der Waals surface area contributed by atoms with Crippen molar-refractivity contribution in [3.63, 3.8) is 0 Å². The van der Waals surface area contributed by atoms with Gasteiger partial charge in [0.05, 0.1) is 0 Å². The van der Waals surface area contributed by atoms with Gasteiger partial charge in [-0.1, -0.05) is 42.5 Å². The lowest BCUT2D eigenvalue weighted by Gasteiger charge is -2.13. The second-order valence-corrected chi connectivity index (χ2v) is 5.34. The van der Waals surface area contributed by atoms with E-state index < -0.39 is 6.61 Å². The predicted molar refractivity (Wildman–Crippen MR) is 87.8 cm³/mol. The number of aryl methyl sites for hydroxylation is 1. The molecule has 0 aliphatic carbocycles. The van der Waals surface area contributed by atoms with Crippen molar-refractivity contribution in [1.29, 1.82) is 0 Å². The van der Waals surface area contributed by atoms with E-state index in [2.05, 4.69) is 10.1 Å². The van der Waals surface area contributed by atoms with E-state index in [-0.39, 0.29) is 17.7 Å². The molecule has 6 heteroatoms. The average Bonchev–Trinajstić information content (AvgIpc) is 2.59. The zero-order valence-electron chi connectivity index (χ0n) is 13.1. The van der Waals surface area contributed by atoms with Gasteiger partial charge in [0.1, 0.15) is 5.75 Å². The first-order valence-corrected chi connectivity index (χ1v) is 7.65. The van der Waals surface area contributed by atoms with Gasteiger partial charge in [-0.2, -0.15) is 8.78 Å². The van der Waals surface area contributed by atoms with Crippen molar-refractivity contribution >= 4 is 5.91 Å². The molecule has 2 aromatic rings. The molecule has 0 saturated heterocycles. The van der Waals surface area contributed by atoms with Crippen molar-refractivity contribution < 1.29 is 18.3 Å². The fourth-order valence-corrected chi connectivity index (χ4v) is 2.23. The Kier molecular flexibility index (Phi) is 6.69. The van der Waals surface area contributed by atoms with Crippen LogP contribution in [0.3, 0.4) is 0 Å². The highest BCUT2D eigenvalue weighted by molar-refractivity contribution is 5.76. The molecule has 0 saturated carbocycles. The highest BCUT2D eigenvalue weighted by Gasteiger charge is 2.08. The van der Waals surface area contributed by atoms with Crippen molar-refractivity contribution in [2.45, 2.75) is 25.5 Å². The minimum atomic E-state index is -2.84. The number of alkyl halides is 2. The molecule has 0 bridgehead atoms. The summed E-state index contributed by atoms with van der Waals surface area (Å²) in [4.78, 5) is 11.9. The van der Waals surface area contributed by atoms with Crippen molar-refractivity contribution in [2.75, 3.05) is 6.54 Å². The molecule has 0 spiro atoms. The van der Waals surface area contributed by atoms with E-state index in [9.17, 15) is 13.6 Å². The molecule has 1 amide bonds. The quantitative estimate of drug-likeness (QED) is 0.780. The lowest BCUT2D eigenvalue weighted by atomic mass is 10.1. The molecule has 4 nitrogen and oxygen atoms in total. The van der Waals surface area contributed by atoms with Gasteiger partial charge in [-0.25, -0.2) is 0 Å². The van der Waals surface area contributed by atoms with Crippen LogP contribution in [0.2, 0.25) is 0 Å². The standard InChI is InChI=1S/C18H20F2N2O2/c19-18(20)24-15-9-6-13(7-10-15)8-11-17(23)22-12-16(21)14-4-2-1-3-5-14/h1-7,9-10,16,18H,8,11-12,21H2,(H,22,23). The molecule has 0 radical (unpaired) electrons. The molecule has 2 aromatic carbocycles. The number of nitrogens with two attached hydrogens (primary N) is 1. The van der Waals surface area contributed by atoms with Gasteiger partial charge < -0.3 is 15.8 Å². The van der Waals surface area contributed by atoms with Crippen LogP contribution in [0, 0.1) is 0 Å². The molecule has 0 heterocycles. The summed E-state index contributed by atoms with van der Waals surface area (Å²) >= 11 is 0. The van der Waals surface area contributed by atoms with Gasteiger partial charge in [-0.05, 0) is 29.7 Å². The first kappa shape index (κ1) is 17.9. The van der Waals surface area contributed by atoms with Crippen LogP contribution in [0.4, 0.5) is 8.78 Å². The predicted octanol–water partition coefficient (Wildman–Crippen LogP) is 3.04. The Labute approximate surface area is 139 Å². The molecule has 0 aliphatic heterocycles. The number of rotatable bonds is 8.